The summed E-state index contributed by atoms with van der Waals surface area (Å²) in [5.74, 6) is -2.48. The second kappa shape index (κ2) is 17.9. The number of halogens is 1. The third kappa shape index (κ3) is 10.7. The lowest BCUT2D eigenvalue weighted by Gasteiger charge is -2.26. The number of carbonyl (C=O) groups is 2. The van der Waals surface area contributed by atoms with Gasteiger partial charge < -0.3 is 35.3 Å². The fourth-order valence-electron chi connectivity index (χ4n) is 5.75. The number of hydrogen-bond acceptors (Lipinski definition) is 21. The van der Waals surface area contributed by atoms with Crippen molar-refractivity contribution in [2.75, 3.05) is 36.6 Å². The van der Waals surface area contributed by atoms with E-state index in [1.807, 2.05) is 0 Å². The molecule has 23 nitrogen and oxygen atoms in total. The molecule has 2 saturated heterocycles. The number of esters is 2. The van der Waals surface area contributed by atoms with Gasteiger partial charge in [0.25, 0.3) is 5.56 Å². The third-order valence-electron chi connectivity index (χ3n) is 8.88. The largest absolute Gasteiger partial charge is 0.454 e. The number of H-pyrrole nitrogens is 1. The molecule has 0 spiro atoms. The number of ether oxygens (including phenoxy) is 4. The van der Waals surface area contributed by atoms with Crippen LogP contribution in [0.3, 0.4) is 0 Å². The minimum Gasteiger partial charge on any atom is -0.454 e. The number of rotatable bonds is 16. The van der Waals surface area contributed by atoms with Gasteiger partial charge in [-0.05, 0) is 54.4 Å². The molecule has 0 amide bonds. The summed E-state index contributed by atoms with van der Waals surface area (Å²) in [5.41, 5.74) is 9.77. The van der Waals surface area contributed by atoms with Crippen molar-refractivity contribution in [2.24, 2.45) is 10.8 Å². The molecule has 2 fully saturated rings. The van der Waals surface area contributed by atoms with Crippen molar-refractivity contribution in [1.82, 2.24) is 39.0 Å². The predicted octanol–water partition coefficient (Wildman–Crippen LogP) is 4.22. The number of aromatic nitrogens is 8. The molecule has 330 valence electrons. The zero-order valence-electron chi connectivity index (χ0n) is 33.2. The van der Waals surface area contributed by atoms with Crippen LogP contribution in [0.5, 0.6) is 0 Å². The molecule has 0 radical (unpaired) electrons. The highest BCUT2D eigenvalue weighted by atomic mass is 32.7. The van der Waals surface area contributed by atoms with Gasteiger partial charge in [0.15, 0.2) is 35.0 Å². The average Bonchev–Trinajstić information content (AvgIpc) is 3.96. The van der Waals surface area contributed by atoms with Crippen molar-refractivity contribution in [3.63, 3.8) is 0 Å². The average molecular weight is 923 g/mol. The van der Waals surface area contributed by atoms with Crippen molar-refractivity contribution in [3.8, 4) is 0 Å². The van der Waals surface area contributed by atoms with Gasteiger partial charge in [0.1, 0.15) is 42.2 Å². The number of nitrogens with one attached hydrogen (secondary N) is 1. The topological polar surface area (TPSA) is 312 Å². The van der Waals surface area contributed by atoms with Gasteiger partial charge in [-0.15, -0.1) is 0 Å². The van der Waals surface area contributed by atoms with Crippen LogP contribution in [0.1, 0.15) is 66.8 Å². The minimum atomic E-state index is -4.59. The van der Waals surface area contributed by atoms with E-state index < -0.39 is 97.3 Å². The Morgan fingerprint density at radius 3 is 2.25 bits per heavy atom. The van der Waals surface area contributed by atoms with Crippen molar-refractivity contribution < 1.29 is 60.5 Å². The maximum Gasteiger partial charge on any atom is 0.392 e. The SMILES string of the molecule is CC(C)(C)C(=O)OCSP(=O)(O)OCC1OC(n2cnc3c(N)ncnc32)[C@H](F)[C@@H]1OP(=O)(OCC1CCC(n2cnc3c(=O)[nH]c(N)nc32)O1)SCOC(=O)C(C)(C)C. The second-order valence-electron chi connectivity index (χ2n) is 15.6. The van der Waals surface area contributed by atoms with E-state index in [4.69, 9.17) is 44.0 Å². The number of imidazole rings is 2. The number of nitrogens with two attached hydrogens (primary N) is 2. The lowest BCUT2D eigenvalue weighted by molar-refractivity contribution is -0.151. The van der Waals surface area contributed by atoms with Crippen LogP contribution in [0.4, 0.5) is 16.2 Å². The molecular weight excluding hydrogens is 877 g/mol. The molecule has 0 aliphatic carbocycles. The summed E-state index contributed by atoms with van der Waals surface area (Å²) >= 11 is 0.741. The first-order valence-corrected chi connectivity index (χ1v) is 24.5. The van der Waals surface area contributed by atoms with Gasteiger partial charge in [0.2, 0.25) is 5.95 Å². The molecule has 6 heterocycles. The molecule has 6 N–H and O–H groups in total. The zero-order valence-corrected chi connectivity index (χ0v) is 36.6. The second-order valence-corrected chi connectivity index (χ2v) is 23.4. The first-order chi connectivity index (χ1) is 28.0. The summed E-state index contributed by atoms with van der Waals surface area (Å²) in [6.45, 7) is -0.671. The molecule has 0 saturated carbocycles. The van der Waals surface area contributed by atoms with Crippen molar-refractivity contribution in [1.29, 1.82) is 0 Å². The van der Waals surface area contributed by atoms with Gasteiger partial charge in [-0.3, -0.25) is 42.1 Å². The Bertz CT molecular complexity index is 2370. The van der Waals surface area contributed by atoms with E-state index in [1.54, 1.807) is 41.5 Å². The monoisotopic (exact) mass is 922 g/mol. The van der Waals surface area contributed by atoms with Gasteiger partial charge in [-0.25, -0.2) is 33.5 Å². The Morgan fingerprint density at radius 2 is 1.57 bits per heavy atom. The van der Waals surface area contributed by atoms with E-state index in [-0.39, 0.29) is 40.7 Å². The molecular formula is C32H45FN10O13P2S2. The van der Waals surface area contributed by atoms with Gasteiger partial charge in [-0.1, -0.05) is 0 Å². The van der Waals surface area contributed by atoms with E-state index in [0.29, 0.717) is 35.6 Å². The third-order valence-corrected chi connectivity index (χ3v) is 14.9. The van der Waals surface area contributed by atoms with Crippen LogP contribution in [-0.4, -0.2) is 105 Å². The summed E-state index contributed by atoms with van der Waals surface area (Å²) in [7, 11) is 0. The number of nitrogens with zero attached hydrogens (tertiary/aromatic N) is 7. The molecule has 60 heavy (non-hydrogen) atoms. The molecule has 28 heteroatoms. The number of alkyl halides is 1. The van der Waals surface area contributed by atoms with E-state index in [1.165, 1.54) is 21.8 Å². The number of hydrogen-bond donors (Lipinski definition) is 4. The number of fused-ring (bicyclic) bond motifs is 2. The maximum atomic E-state index is 16.8. The Kier molecular flexibility index (Phi) is 13.7. The molecule has 2 aliphatic heterocycles. The number of carbonyl (C=O) groups excluding carboxylic acids is 2. The highest BCUT2D eigenvalue weighted by molar-refractivity contribution is 8.55. The first kappa shape index (κ1) is 45.8. The van der Waals surface area contributed by atoms with E-state index in [9.17, 15) is 28.4 Å². The number of anilines is 2. The Morgan fingerprint density at radius 1 is 0.917 bits per heavy atom. The quantitative estimate of drug-likeness (QED) is 0.0694. The highest BCUT2D eigenvalue weighted by Crippen LogP contribution is 2.64. The van der Waals surface area contributed by atoms with E-state index in [0.717, 1.165) is 6.33 Å². The standard InChI is InChI=1S/C32H45FN10O13P2S2/c1-31(2,3)28(45)50-14-59-57(47,48)52-10-17-22(19(33)27(55-17)43-13-38-20-23(34)36-11-37-24(20)43)56-58(49,60-15-51-29(46)32(4,5)6)53-9-16-7-8-18(54-16)42-12-39-21-25(42)40-30(35)41-26(21)44/h11-13,16-19,22,27H,7-10,14-15H2,1-6H3,(H,47,48)(H2,34,36,37)(H3,35,40,41,44)/t16?,17?,18?,19-,22-,27?,58?/m1/s1. The van der Waals surface area contributed by atoms with Gasteiger partial charge in [0, 0.05) is 22.8 Å². The van der Waals surface area contributed by atoms with Crippen molar-refractivity contribution >= 4 is 82.4 Å². The Labute approximate surface area is 349 Å². The first-order valence-electron chi connectivity index (χ1n) is 18.2. The molecule has 2 aliphatic rings. The smallest absolute Gasteiger partial charge is 0.392 e. The van der Waals surface area contributed by atoms with Crippen LogP contribution >= 0.6 is 36.4 Å². The summed E-state index contributed by atoms with van der Waals surface area (Å²) in [6.07, 6.45) is -4.09. The lowest BCUT2D eigenvalue weighted by Crippen LogP contribution is -2.34. The van der Waals surface area contributed by atoms with Crippen molar-refractivity contribution in [3.05, 3.63) is 29.3 Å². The van der Waals surface area contributed by atoms with Crippen LogP contribution in [0, 0.1) is 10.8 Å². The number of nitrogen functional groups attached to an aromatic ring is 2. The molecule has 8 atom stereocenters. The Hall–Kier alpha value is -3.71. The molecule has 0 bridgehead atoms. The number of aromatic amines is 1. The van der Waals surface area contributed by atoms with Crippen LogP contribution in [0.2, 0.25) is 0 Å². The molecule has 4 aromatic heterocycles. The molecule has 6 unspecified atom stereocenters. The highest BCUT2D eigenvalue weighted by Gasteiger charge is 2.52. The van der Waals surface area contributed by atoms with Gasteiger partial charge in [0.05, 0.1) is 42.8 Å². The molecule has 4 aromatic rings. The summed E-state index contributed by atoms with van der Waals surface area (Å²) in [6, 6.07) is 0. The maximum absolute atomic E-state index is 16.8. The van der Waals surface area contributed by atoms with Gasteiger partial charge >= 0.3 is 25.5 Å². The van der Waals surface area contributed by atoms with Crippen LogP contribution < -0.4 is 17.0 Å². The molecule has 6 rings (SSSR count). The van der Waals surface area contributed by atoms with Crippen LogP contribution in [-0.2, 0) is 51.2 Å². The van der Waals surface area contributed by atoms with Crippen LogP contribution in [0.15, 0.2) is 23.8 Å². The minimum absolute atomic E-state index is 0.00371. The fraction of sp³-hybridized carbons (Fsp3) is 0.625. The van der Waals surface area contributed by atoms with E-state index >= 15 is 4.39 Å². The predicted molar refractivity (Wildman–Crippen MR) is 214 cm³/mol. The van der Waals surface area contributed by atoms with Crippen molar-refractivity contribution in [2.45, 2.75) is 91.3 Å². The Balaban J connectivity index is 1.22. The summed E-state index contributed by atoms with van der Waals surface area (Å²) < 4.78 is 86.9. The van der Waals surface area contributed by atoms with Gasteiger partial charge in [-0.2, -0.15) is 4.98 Å². The summed E-state index contributed by atoms with van der Waals surface area (Å²) in [5, 5.41) is 0. The molecule has 0 aromatic carbocycles. The van der Waals surface area contributed by atoms with Crippen LogP contribution in [0.25, 0.3) is 22.3 Å². The van der Waals surface area contributed by atoms with E-state index in [2.05, 4.69) is 29.9 Å². The fourth-order valence-corrected chi connectivity index (χ4v) is 10.2. The summed E-state index contributed by atoms with van der Waals surface area (Å²) in [4.78, 5) is 70.6. The normalized spacial score (nSPS) is 24.4. The zero-order chi connectivity index (χ0) is 43.8. The lowest BCUT2D eigenvalue weighted by atomic mass is 9.98.